The molecule has 4 aromatic rings. The van der Waals surface area contributed by atoms with Crippen molar-refractivity contribution in [3.8, 4) is 0 Å². The zero-order valence-electron chi connectivity index (χ0n) is 19.3. The van der Waals surface area contributed by atoms with Crippen LogP contribution >= 0.6 is 11.3 Å². The topological polar surface area (TPSA) is 111 Å². The Hall–Kier alpha value is -4.37. The van der Waals surface area contributed by atoms with E-state index in [9.17, 15) is 19.7 Å². The van der Waals surface area contributed by atoms with Crippen molar-refractivity contribution >= 4 is 57.1 Å². The van der Waals surface area contributed by atoms with Crippen molar-refractivity contribution in [2.75, 3.05) is 5.32 Å². The van der Waals surface area contributed by atoms with Gasteiger partial charge in [0.15, 0.2) is 6.10 Å². The largest absolute Gasteiger partial charge is 0.449 e. The van der Waals surface area contributed by atoms with Gasteiger partial charge in [0, 0.05) is 16.3 Å². The lowest BCUT2D eigenvalue weighted by Gasteiger charge is -2.16. The standard InChI is InChI=1S/C27H21N3O5S/c1-16(26(31)29-22-10-4-5-11-23(22)30(33)34)35-27(32)24-19-8-2-3-9-21(19)28-25-17(12-13-20(24)25)15-18-7-6-14-36-18/h2-11,14-16H,12-13H2,1H3,(H,29,31)/b17-15+/t16-/m0/s1. The monoisotopic (exact) mass is 499 g/mol. The third-order valence-corrected chi connectivity index (χ3v) is 6.84. The lowest BCUT2D eigenvalue weighted by Crippen LogP contribution is -2.30. The third kappa shape index (κ3) is 4.48. The number of aromatic nitrogens is 1. The number of nitro benzene ring substituents is 1. The maximum atomic E-state index is 13.4. The molecule has 0 aliphatic heterocycles. The highest BCUT2D eigenvalue weighted by molar-refractivity contribution is 7.10. The van der Waals surface area contributed by atoms with Gasteiger partial charge < -0.3 is 10.1 Å². The summed E-state index contributed by atoms with van der Waals surface area (Å²) in [5.41, 5.74) is 3.48. The van der Waals surface area contributed by atoms with Crippen molar-refractivity contribution in [2.45, 2.75) is 25.9 Å². The normalized spacial score (nSPS) is 14.4. The molecule has 1 N–H and O–H groups in total. The van der Waals surface area contributed by atoms with Crippen molar-refractivity contribution in [1.82, 2.24) is 4.98 Å². The number of rotatable bonds is 6. The molecule has 1 aliphatic carbocycles. The number of esters is 1. The molecule has 0 radical (unpaired) electrons. The molecule has 1 aliphatic rings. The zero-order chi connectivity index (χ0) is 25.2. The average molecular weight is 500 g/mol. The Morgan fingerprint density at radius 3 is 2.67 bits per heavy atom. The number of carbonyl (C=O) groups excluding carboxylic acids is 2. The Balaban J connectivity index is 1.45. The van der Waals surface area contributed by atoms with Crippen LogP contribution in [0.1, 0.15) is 39.8 Å². The highest BCUT2D eigenvalue weighted by Crippen LogP contribution is 2.38. The van der Waals surface area contributed by atoms with Crippen LogP contribution in [-0.2, 0) is 16.0 Å². The molecule has 0 spiro atoms. The minimum absolute atomic E-state index is 0.0361. The van der Waals surface area contributed by atoms with Gasteiger partial charge in [-0.15, -0.1) is 11.3 Å². The van der Waals surface area contributed by atoms with E-state index >= 15 is 0 Å². The average Bonchev–Trinajstić information content (AvgIpc) is 3.53. The van der Waals surface area contributed by atoms with Crippen LogP contribution in [0.3, 0.4) is 0 Å². The number of nitrogens with one attached hydrogen (secondary N) is 1. The van der Waals surface area contributed by atoms with Crippen LogP contribution in [0.4, 0.5) is 11.4 Å². The number of hydrogen-bond donors (Lipinski definition) is 1. The first kappa shape index (κ1) is 23.4. The molecule has 2 aromatic heterocycles. The van der Waals surface area contributed by atoms with E-state index in [1.165, 1.54) is 25.1 Å². The molecular weight excluding hydrogens is 478 g/mol. The number of carbonyl (C=O) groups is 2. The van der Waals surface area contributed by atoms with Crippen molar-refractivity contribution < 1.29 is 19.2 Å². The smallest absolute Gasteiger partial charge is 0.339 e. The van der Waals surface area contributed by atoms with Crippen LogP contribution in [0.5, 0.6) is 0 Å². The van der Waals surface area contributed by atoms with Crippen molar-refractivity contribution in [3.63, 3.8) is 0 Å². The lowest BCUT2D eigenvalue weighted by molar-refractivity contribution is -0.383. The fourth-order valence-corrected chi connectivity index (χ4v) is 4.98. The van der Waals surface area contributed by atoms with Crippen molar-refractivity contribution in [1.29, 1.82) is 0 Å². The van der Waals surface area contributed by atoms with Gasteiger partial charge in [0.2, 0.25) is 0 Å². The Bertz CT molecular complexity index is 1530. The Labute approximate surface area is 210 Å². The van der Waals surface area contributed by atoms with Crippen LogP contribution in [0.15, 0.2) is 66.0 Å². The van der Waals surface area contributed by atoms with E-state index in [0.29, 0.717) is 22.9 Å². The second kappa shape index (κ2) is 9.71. The number of amides is 1. The molecule has 0 fully saturated rings. The summed E-state index contributed by atoms with van der Waals surface area (Å²) in [4.78, 5) is 42.8. The molecule has 5 rings (SSSR count). The van der Waals surface area contributed by atoms with Gasteiger partial charge in [-0.2, -0.15) is 0 Å². The van der Waals surface area contributed by atoms with Gasteiger partial charge in [-0.25, -0.2) is 9.78 Å². The van der Waals surface area contributed by atoms with Crippen molar-refractivity contribution in [2.24, 2.45) is 0 Å². The van der Waals surface area contributed by atoms with Gasteiger partial charge in [-0.3, -0.25) is 14.9 Å². The van der Waals surface area contributed by atoms with E-state index in [4.69, 9.17) is 9.72 Å². The number of nitrogens with zero attached hydrogens (tertiary/aromatic N) is 2. The summed E-state index contributed by atoms with van der Waals surface area (Å²) in [5, 5.41) is 16.4. The van der Waals surface area contributed by atoms with Gasteiger partial charge in [-0.05, 0) is 60.6 Å². The number of para-hydroxylation sites is 3. The minimum Gasteiger partial charge on any atom is -0.449 e. The quantitative estimate of drug-likeness (QED) is 0.202. The third-order valence-electron chi connectivity index (χ3n) is 6.02. The Morgan fingerprint density at radius 1 is 1.11 bits per heavy atom. The number of fused-ring (bicyclic) bond motifs is 2. The van der Waals surface area contributed by atoms with E-state index < -0.39 is 22.9 Å². The maximum absolute atomic E-state index is 13.4. The number of hydrogen-bond acceptors (Lipinski definition) is 7. The first-order valence-electron chi connectivity index (χ1n) is 11.3. The van der Waals surface area contributed by atoms with Crippen LogP contribution in [0, 0.1) is 10.1 Å². The zero-order valence-corrected chi connectivity index (χ0v) is 20.1. The number of pyridine rings is 1. The number of allylic oxidation sites excluding steroid dienone is 1. The first-order chi connectivity index (χ1) is 17.4. The summed E-state index contributed by atoms with van der Waals surface area (Å²) in [5.74, 6) is -1.29. The molecule has 9 heteroatoms. The molecule has 36 heavy (non-hydrogen) atoms. The molecule has 0 saturated heterocycles. The highest BCUT2D eigenvalue weighted by atomic mass is 32.1. The Kier molecular flexibility index (Phi) is 6.30. The number of benzene rings is 2. The SMILES string of the molecule is C[C@H](OC(=O)c1c2c(nc3ccccc13)/C(=C/c1cccs1)CC2)C(=O)Nc1ccccc1[N+](=O)[O-]. The summed E-state index contributed by atoms with van der Waals surface area (Å²) in [6, 6.07) is 17.2. The predicted molar refractivity (Wildman–Crippen MR) is 139 cm³/mol. The molecule has 0 bridgehead atoms. The summed E-state index contributed by atoms with van der Waals surface area (Å²) < 4.78 is 5.58. The van der Waals surface area contributed by atoms with Crippen LogP contribution < -0.4 is 5.32 Å². The summed E-state index contributed by atoms with van der Waals surface area (Å²) in [6.07, 6.45) is 2.29. The molecule has 2 heterocycles. The van der Waals surface area contributed by atoms with Crippen LogP contribution in [-0.4, -0.2) is 27.9 Å². The molecule has 8 nitrogen and oxygen atoms in total. The van der Waals surface area contributed by atoms with Crippen molar-refractivity contribution in [3.05, 3.63) is 97.9 Å². The number of anilines is 1. The van der Waals surface area contributed by atoms with E-state index in [-0.39, 0.29) is 11.4 Å². The van der Waals surface area contributed by atoms with E-state index in [1.54, 1.807) is 17.4 Å². The van der Waals surface area contributed by atoms with Gasteiger partial charge in [0.05, 0.1) is 21.7 Å². The van der Waals surface area contributed by atoms with Gasteiger partial charge in [0.1, 0.15) is 5.69 Å². The molecule has 180 valence electrons. The number of nitro groups is 1. The Morgan fingerprint density at radius 2 is 1.89 bits per heavy atom. The van der Waals surface area contributed by atoms with E-state index in [0.717, 1.165) is 28.1 Å². The molecule has 0 saturated carbocycles. The molecule has 2 aromatic carbocycles. The highest BCUT2D eigenvalue weighted by Gasteiger charge is 2.30. The lowest BCUT2D eigenvalue weighted by atomic mass is 10.0. The van der Waals surface area contributed by atoms with Gasteiger partial charge in [-0.1, -0.05) is 36.4 Å². The molecule has 1 amide bonds. The summed E-state index contributed by atoms with van der Waals surface area (Å²) in [7, 11) is 0. The fourth-order valence-electron chi connectivity index (χ4n) is 4.30. The number of ether oxygens (including phenoxy) is 1. The van der Waals surface area contributed by atoms with Crippen LogP contribution in [0.2, 0.25) is 0 Å². The predicted octanol–water partition coefficient (Wildman–Crippen LogP) is 5.88. The fraction of sp³-hybridized carbons (Fsp3) is 0.148. The minimum atomic E-state index is -1.18. The molecule has 1 atom stereocenters. The second-order valence-corrected chi connectivity index (χ2v) is 9.31. The molecular formula is C27H21N3O5S. The van der Waals surface area contributed by atoms with Gasteiger partial charge in [0.25, 0.3) is 11.6 Å². The molecule has 0 unspecified atom stereocenters. The van der Waals surface area contributed by atoms with E-state index in [2.05, 4.69) is 11.4 Å². The summed E-state index contributed by atoms with van der Waals surface area (Å²) >= 11 is 1.63. The number of thiophene rings is 1. The maximum Gasteiger partial charge on any atom is 0.339 e. The van der Waals surface area contributed by atoms with Crippen LogP contribution in [0.25, 0.3) is 22.6 Å². The first-order valence-corrected chi connectivity index (χ1v) is 12.2. The van der Waals surface area contributed by atoms with Gasteiger partial charge >= 0.3 is 5.97 Å². The van der Waals surface area contributed by atoms with E-state index in [1.807, 2.05) is 41.8 Å². The summed E-state index contributed by atoms with van der Waals surface area (Å²) in [6.45, 7) is 1.44. The second-order valence-electron chi connectivity index (χ2n) is 8.33.